The van der Waals surface area contributed by atoms with Gasteiger partial charge >= 0.3 is 5.97 Å². The smallest absolute Gasteiger partial charge is 0.338 e. The molecule has 0 radical (unpaired) electrons. The van der Waals surface area contributed by atoms with E-state index < -0.39 is 5.97 Å². The van der Waals surface area contributed by atoms with Gasteiger partial charge in [-0.3, -0.25) is 4.98 Å². The monoisotopic (exact) mass is 558 g/mol. The van der Waals surface area contributed by atoms with Crippen LogP contribution < -0.4 is 10.1 Å². The normalized spacial score (nSPS) is 17.2. The number of aromatic nitrogens is 1. The molecule has 2 saturated heterocycles. The minimum atomic E-state index is -0.477. The van der Waals surface area contributed by atoms with Crippen LogP contribution in [0, 0.1) is 5.82 Å². The van der Waals surface area contributed by atoms with Gasteiger partial charge in [-0.1, -0.05) is 15.9 Å². The highest BCUT2D eigenvalue weighted by Gasteiger charge is 2.24. The van der Waals surface area contributed by atoms with Gasteiger partial charge in [0.05, 0.1) is 42.5 Å². The molecule has 2 aromatic carbocycles. The average molecular weight is 559 g/mol. The van der Waals surface area contributed by atoms with Crippen molar-refractivity contribution in [2.45, 2.75) is 37.7 Å². The quantitative estimate of drug-likeness (QED) is 0.365. The lowest BCUT2D eigenvalue weighted by Gasteiger charge is -2.26. The van der Waals surface area contributed by atoms with Crippen molar-refractivity contribution >= 4 is 44.2 Å². The zero-order valence-electron chi connectivity index (χ0n) is 20.0. The Kier molecular flexibility index (Phi) is 7.69. The number of esters is 1. The van der Waals surface area contributed by atoms with Gasteiger partial charge in [0.15, 0.2) is 0 Å². The zero-order valence-corrected chi connectivity index (χ0v) is 21.6. The molecule has 2 aliphatic rings. The molecule has 0 unspecified atom stereocenters. The van der Waals surface area contributed by atoms with Crippen LogP contribution in [0.1, 0.15) is 47.5 Å². The van der Waals surface area contributed by atoms with Crippen LogP contribution in [0.25, 0.3) is 10.9 Å². The third-order valence-corrected chi connectivity index (χ3v) is 7.10. The number of nitrogens with zero attached hydrogens (tertiary/aromatic N) is 1. The summed E-state index contributed by atoms with van der Waals surface area (Å²) in [7, 11) is 1.34. The molecule has 0 atom stereocenters. The minimum absolute atomic E-state index is 0.00570. The van der Waals surface area contributed by atoms with E-state index in [4.69, 9.17) is 18.9 Å². The van der Waals surface area contributed by atoms with E-state index in [9.17, 15) is 4.79 Å². The zero-order chi connectivity index (χ0) is 25.1. The van der Waals surface area contributed by atoms with E-state index in [1.54, 1.807) is 18.2 Å². The maximum Gasteiger partial charge on any atom is 0.338 e. The molecule has 7 nitrogen and oxygen atoms in total. The number of nitrogens with one attached hydrogen (secondary N) is 1. The number of hydrogen-bond donors (Lipinski definition) is 1. The summed E-state index contributed by atoms with van der Waals surface area (Å²) in [6, 6.07) is 8.43. The van der Waals surface area contributed by atoms with Gasteiger partial charge in [0, 0.05) is 48.5 Å². The summed E-state index contributed by atoms with van der Waals surface area (Å²) in [5, 5.41) is 3.82. The standard InChI is InChI=1S/C27H28BrFN2O5/c1-33-27(32)17-10-19(14-21(11-17)36-20-4-8-35-9-5-20)31-26-22(16-2-6-34-7-3-16)15-30-24-13-18(28)12-23(29)25(24)26/h10-16,20H,2-9H2,1H3,(H,30,31). The Labute approximate surface area is 217 Å². The molecule has 2 aliphatic heterocycles. The maximum atomic E-state index is 15.4. The average Bonchev–Trinajstić information content (AvgIpc) is 2.89. The number of carbonyl (C=O) groups is 1. The van der Waals surface area contributed by atoms with Crippen molar-refractivity contribution in [3.63, 3.8) is 0 Å². The summed E-state index contributed by atoms with van der Waals surface area (Å²) in [6.45, 7) is 2.56. The first-order valence-corrected chi connectivity index (χ1v) is 12.9. The lowest BCUT2D eigenvalue weighted by atomic mass is 9.90. The lowest BCUT2D eigenvalue weighted by molar-refractivity contribution is 0.0254. The van der Waals surface area contributed by atoms with Gasteiger partial charge in [-0.05, 0) is 48.6 Å². The summed E-state index contributed by atoms with van der Waals surface area (Å²) in [5.74, 6) is -0.148. The first-order chi connectivity index (χ1) is 17.5. The van der Waals surface area contributed by atoms with Gasteiger partial charge in [-0.2, -0.15) is 0 Å². The fourth-order valence-electron chi connectivity index (χ4n) is 4.82. The fraction of sp³-hybridized carbons (Fsp3) is 0.407. The van der Waals surface area contributed by atoms with Crippen molar-refractivity contribution in [2.24, 2.45) is 0 Å². The number of fused-ring (bicyclic) bond motifs is 1. The second-order valence-corrected chi connectivity index (χ2v) is 9.96. The van der Waals surface area contributed by atoms with Gasteiger partial charge < -0.3 is 24.3 Å². The first-order valence-electron chi connectivity index (χ1n) is 12.1. The van der Waals surface area contributed by atoms with Gasteiger partial charge in [0.2, 0.25) is 0 Å². The third-order valence-electron chi connectivity index (χ3n) is 6.64. The van der Waals surface area contributed by atoms with E-state index in [0.29, 0.717) is 64.5 Å². The van der Waals surface area contributed by atoms with Crippen LogP contribution in [0.5, 0.6) is 5.75 Å². The number of ether oxygens (including phenoxy) is 4. The van der Waals surface area contributed by atoms with Crippen LogP contribution in [0.2, 0.25) is 0 Å². The van der Waals surface area contributed by atoms with Crippen molar-refractivity contribution < 1.29 is 28.1 Å². The van der Waals surface area contributed by atoms with Gasteiger partial charge in [-0.15, -0.1) is 0 Å². The summed E-state index contributed by atoms with van der Waals surface area (Å²) in [6.07, 6.45) is 4.99. The van der Waals surface area contributed by atoms with Crippen molar-refractivity contribution in [1.82, 2.24) is 4.98 Å². The molecule has 5 rings (SSSR count). The highest BCUT2D eigenvalue weighted by molar-refractivity contribution is 9.10. The highest BCUT2D eigenvalue weighted by Crippen LogP contribution is 2.40. The number of rotatable bonds is 6. The van der Waals surface area contributed by atoms with E-state index in [-0.39, 0.29) is 17.8 Å². The number of pyridine rings is 1. The molecule has 0 amide bonds. The second-order valence-electron chi connectivity index (χ2n) is 9.05. The summed E-state index contributed by atoms with van der Waals surface area (Å²) in [5.41, 5.74) is 3.03. The fourth-order valence-corrected chi connectivity index (χ4v) is 5.23. The molecule has 36 heavy (non-hydrogen) atoms. The van der Waals surface area contributed by atoms with Crippen molar-refractivity contribution in [3.8, 4) is 5.75 Å². The number of methoxy groups -OCH3 is 1. The van der Waals surface area contributed by atoms with Crippen LogP contribution in [0.4, 0.5) is 15.8 Å². The van der Waals surface area contributed by atoms with Crippen LogP contribution in [-0.4, -0.2) is 50.6 Å². The predicted molar refractivity (Wildman–Crippen MR) is 138 cm³/mol. The Morgan fingerprint density at radius 1 is 1.06 bits per heavy atom. The van der Waals surface area contributed by atoms with E-state index in [2.05, 4.69) is 26.2 Å². The number of benzene rings is 2. The molecular weight excluding hydrogens is 531 g/mol. The largest absolute Gasteiger partial charge is 0.490 e. The SMILES string of the molecule is COC(=O)c1cc(Nc2c(C3CCOCC3)cnc3cc(Br)cc(F)c23)cc(OC2CCOCC2)c1. The maximum absolute atomic E-state index is 15.4. The Balaban J connectivity index is 1.59. The van der Waals surface area contributed by atoms with Crippen molar-refractivity contribution in [1.29, 1.82) is 0 Å². The van der Waals surface area contributed by atoms with E-state index >= 15 is 4.39 Å². The number of anilines is 2. The summed E-state index contributed by atoms with van der Waals surface area (Å²) in [4.78, 5) is 17.0. The lowest BCUT2D eigenvalue weighted by Crippen LogP contribution is -2.26. The van der Waals surface area contributed by atoms with Gasteiger partial charge in [0.1, 0.15) is 17.7 Å². The van der Waals surface area contributed by atoms with Crippen LogP contribution in [0.3, 0.4) is 0 Å². The van der Waals surface area contributed by atoms with Crippen molar-refractivity contribution in [3.05, 3.63) is 57.9 Å². The topological polar surface area (TPSA) is 78.9 Å². The Morgan fingerprint density at radius 3 is 2.50 bits per heavy atom. The second kappa shape index (κ2) is 11.1. The highest BCUT2D eigenvalue weighted by atomic mass is 79.9. The Hall–Kier alpha value is -2.75. The molecule has 0 saturated carbocycles. The third kappa shape index (κ3) is 5.48. The predicted octanol–water partition coefficient (Wildman–Crippen LogP) is 6.12. The van der Waals surface area contributed by atoms with Crippen molar-refractivity contribution in [2.75, 3.05) is 38.9 Å². The Morgan fingerprint density at radius 2 is 1.78 bits per heavy atom. The molecule has 0 bridgehead atoms. The first kappa shape index (κ1) is 24.9. The number of halogens is 2. The van der Waals surface area contributed by atoms with E-state index in [0.717, 1.165) is 31.2 Å². The molecule has 1 N–H and O–H groups in total. The van der Waals surface area contributed by atoms with Crippen LogP contribution in [-0.2, 0) is 14.2 Å². The summed E-state index contributed by atoms with van der Waals surface area (Å²) < 4.78 is 38.1. The van der Waals surface area contributed by atoms with Crippen LogP contribution in [0.15, 0.2) is 41.0 Å². The van der Waals surface area contributed by atoms with Gasteiger partial charge in [0.25, 0.3) is 0 Å². The molecule has 9 heteroatoms. The molecule has 2 fully saturated rings. The van der Waals surface area contributed by atoms with Crippen LogP contribution >= 0.6 is 15.9 Å². The molecule has 3 heterocycles. The van der Waals surface area contributed by atoms with E-state index in [1.807, 2.05) is 12.3 Å². The molecule has 190 valence electrons. The molecule has 1 aromatic heterocycles. The number of carbonyl (C=O) groups excluding carboxylic acids is 1. The molecular formula is C27H28BrFN2O5. The minimum Gasteiger partial charge on any atom is -0.490 e. The molecule has 0 spiro atoms. The summed E-state index contributed by atoms with van der Waals surface area (Å²) >= 11 is 3.37. The number of hydrogen-bond acceptors (Lipinski definition) is 7. The van der Waals surface area contributed by atoms with Gasteiger partial charge in [-0.25, -0.2) is 9.18 Å². The molecule has 3 aromatic rings. The molecule has 0 aliphatic carbocycles. The van der Waals surface area contributed by atoms with E-state index in [1.165, 1.54) is 13.2 Å². The Bertz CT molecular complexity index is 1260.